The summed E-state index contributed by atoms with van der Waals surface area (Å²) >= 11 is 0. The molecule has 3 nitrogen and oxygen atoms in total. The minimum absolute atomic E-state index is 0.0304. The lowest BCUT2D eigenvalue weighted by Gasteiger charge is -2.30. The molecule has 1 aromatic carbocycles. The highest BCUT2D eigenvalue weighted by molar-refractivity contribution is 5.60. The zero-order chi connectivity index (χ0) is 14.4. The summed E-state index contributed by atoms with van der Waals surface area (Å²) in [5.41, 5.74) is 8.45. The summed E-state index contributed by atoms with van der Waals surface area (Å²) in [4.78, 5) is 2.40. The fourth-order valence-corrected chi connectivity index (χ4v) is 2.35. The second kappa shape index (κ2) is 7.39. The van der Waals surface area contributed by atoms with Gasteiger partial charge in [-0.1, -0.05) is 26.3 Å². The van der Waals surface area contributed by atoms with Crippen molar-refractivity contribution < 1.29 is 4.74 Å². The molecule has 0 aliphatic heterocycles. The highest BCUT2D eigenvalue weighted by Gasteiger charge is 2.18. The molecule has 0 saturated carbocycles. The van der Waals surface area contributed by atoms with Gasteiger partial charge < -0.3 is 15.4 Å². The van der Waals surface area contributed by atoms with E-state index in [0.29, 0.717) is 5.92 Å². The van der Waals surface area contributed by atoms with Gasteiger partial charge in [-0.2, -0.15) is 0 Å². The molecule has 108 valence electrons. The Kier molecular flexibility index (Phi) is 6.16. The third-order valence-electron chi connectivity index (χ3n) is 3.67. The minimum Gasteiger partial charge on any atom is -0.496 e. The van der Waals surface area contributed by atoms with Crippen LogP contribution in [-0.4, -0.2) is 20.2 Å². The highest BCUT2D eigenvalue weighted by Crippen LogP contribution is 2.34. The lowest BCUT2D eigenvalue weighted by atomic mass is 10.0. The molecule has 19 heavy (non-hydrogen) atoms. The topological polar surface area (TPSA) is 38.5 Å². The first-order valence-electron chi connectivity index (χ1n) is 7.22. The van der Waals surface area contributed by atoms with Crippen molar-refractivity contribution in [2.45, 2.75) is 40.2 Å². The van der Waals surface area contributed by atoms with E-state index in [0.717, 1.165) is 24.4 Å². The number of nitrogens with zero attached hydrogens (tertiary/aromatic N) is 1. The Morgan fingerprint density at radius 2 is 1.95 bits per heavy atom. The number of hydrogen-bond donors (Lipinski definition) is 1. The quantitative estimate of drug-likeness (QED) is 0.818. The lowest BCUT2D eigenvalue weighted by molar-refractivity contribution is 0.406. The number of benzene rings is 1. The predicted octanol–water partition coefficient (Wildman–Crippen LogP) is 3.59. The SMILES string of the molecule is CCC(C)CN(CC)c1cccc(OC)c1[C@H](C)N. The van der Waals surface area contributed by atoms with Crippen molar-refractivity contribution in [2.24, 2.45) is 11.7 Å². The molecule has 1 rings (SSSR count). The summed E-state index contributed by atoms with van der Waals surface area (Å²) in [7, 11) is 1.70. The molecule has 0 aliphatic rings. The fraction of sp³-hybridized carbons (Fsp3) is 0.625. The van der Waals surface area contributed by atoms with Crippen LogP contribution in [0, 0.1) is 5.92 Å². The van der Waals surface area contributed by atoms with Gasteiger partial charge >= 0.3 is 0 Å². The molecule has 0 amide bonds. The van der Waals surface area contributed by atoms with E-state index in [2.05, 4.69) is 31.7 Å². The monoisotopic (exact) mass is 264 g/mol. The Morgan fingerprint density at radius 1 is 1.26 bits per heavy atom. The number of methoxy groups -OCH3 is 1. The molecular weight excluding hydrogens is 236 g/mol. The van der Waals surface area contributed by atoms with Crippen LogP contribution in [-0.2, 0) is 0 Å². The van der Waals surface area contributed by atoms with E-state index < -0.39 is 0 Å². The molecule has 0 bridgehead atoms. The summed E-state index contributed by atoms with van der Waals surface area (Å²) in [5.74, 6) is 1.56. The molecule has 1 aromatic rings. The van der Waals surface area contributed by atoms with Crippen LogP contribution in [0.25, 0.3) is 0 Å². The van der Waals surface area contributed by atoms with Crippen molar-refractivity contribution >= 4 is 5.69 Å². The summed E-state index contributed by atoms with van der Waals surface area (Å²) in [6.07, 6.45) is 1.19. The Morgan fingerprint density at radius 3 is 2.42 bits per heavy atom. The second-order valence-corrected chi connectivity index (χ2v) is 5.23. The van der Waals surface area contributed by atoms with Crippen LogP contribution in [0.15, 0.2) is 18.2 Å². The molecule has 0 aliphatic carbocycles. The maximum Gasteiger partial charge on any atom is 0.125 e. The van der Waals surface area contributed by atoms with E-state index in [1.807, 2.05) is 19.1 Å². The molecule has 1 unspecified atom stereocenters. The van der Waals surface area contributed by atoms with Gasteiger partial charge in [-0.25, -0.2) is 0 Å². The highest BCUT2D eigenvalue weighted by atomic mass is 16.5. The van der Waals surface area contributed by atoms with Gasteiger partial charge in [-0.3, -0.25) is 0 Å². The number of nitrogens with two attached hydrogens (primary N) is 1. The van der Waals surface area contributed by atoms with Crippen LogP contribution in [0.5, 0.6) is 5.75 Å². The van der Waals surface area contributed by atoms with Crippen molar-refractivity contribution in [1.29, 1.82) is 0 Å². The van der Waals surface area contributed by atoms with Gasteiger partial charge in [0.1, 0.15) is 5.75 Å². The largest absolute Gasteiger partial charge is 0.496 e. The fourth-order valence-electron chi connectivity index (χ4n) is 2.35. The summed E-state index contributed by atoms with van der Waals surface area (Å²) in [5, 5.41) is 0. The third-order valence-corrected chi connectivity index (χ3v) is 3.67. The number of rotatable bonds is 7. The first-order valence-corrected chi connectivity index (χ1v) is 7.22. The Hall–Kier alpha value is -1.22. The van der Waals surface area contributed by atoms with E-state index >= 15 is 0 Å². The Labute approximate surface area is 117 Å². The van der Waals surface area contributed by atoms with E-state index in [1.165, 1.54) is 12.1 Å². The third kappa shape index (κ3) is 3.87. The lowest BCUT2D eigenvalue weighted by Crippen LogP contribution is -2.30. The molecule has 0 aromatic heterocycles. The van der Waals surface area contributed by atoms with E-state index in [4.69, 9.17) is 10.5 Å². The molecule has 0 heterocycles. The van der Waals surface area contributed by atoms with Crippen LogP contribution in [0.1, 0.15) is 45.7 Å². The number of ether oxygens (including phenoxy) is 1. The first-order chi connectivity index (χ1) is 9.04. The van der Waals surface area contributed by atoms with Gasteiger partial charge in [0.05, 0.1) is 7.11 Å². The van der Waals surface area contributed by atoms with Crippen molar-refractivity contribution in [2.75, 3.05) is 25.1 Å². The zero-order valence-corrected chi connectivity index (χ0v) is 12.9. The van der Waals surface area contributed by atoms with Crippen LogP contribution in [0.3, 0.4) is 0 Å². The van der Waals surface area contributed by atoms with Crippen molar-refractivity contribution in [3.63, 3.8) is 0 Å². The van der Waals surface area contributed by atoms with Crippen LogP contribution in [0.2, 0.25) is 0 Å². The number of anilines is 1. The minimum atomic E-state index is -0.0304. The van der Waals surface area contributed by atoms with Crippen molar-refractivity contribution in [3.8, 4) is 5.75 Å². The van der Waals surface area contributed by atoms with Crippen LogP contribution >= 0.6 is 0 Å². The normalized spacial score (nSPS) is 14.0. The van der Waals surface area contributed by atoms with Gasteiger partial charge in [0.25, 0.3) is 0 Å². The molecular formula is C16H28N2O. The Bertz CT molecular complexity index is 390. The van der Waals surface area contributed by atoms with Crippen LogP contribution < -0.4 is 15.4 Å². The summed E-state index contributed by atoms with van der Waals surface area (Å²) < 4.78 is 5.47. The van der Waals surface area contributed by atoms with Gasteiger partial charge in [0.2, 0.25) is 0 Å². The van der Waals surface area contributed by atoms with Gasteiger partial charge in [0.15, 0.2) is 0 Å². The van der Waals surface area contributed by atoms with E-state index in [9.17, 15) is 0 Å². The van der Waals surface area contributed by atoms with Crippen molar-refractivity contribution in [3.05, 3.63) is 23.8 Å². The maximum atomic E-state index is 6.14. The van der Waals surface area contributed by atoms with Crippen molar-refractivity contribution in [1.82, 2.24) is 0 Å². The molecule has 0 saturated heterocycles. The molecule has 0 spiro atoms. The van der Waals surface area contributed by atoms with E-state index in [-0.39, 0.29) is 6.04 Å². The van der Waals surface area contributed by atoms with E-state index in [1.54, 1.807) is 7.11 Å². The number of hydrogen-bond acceptors (Lipinski definition) is 3. The zero-order valence-electron chi connectivity index (χ0n) is 12.9. The van der Waals surface area contributed by atoms with Gasteiger partial charge in [-0.15, -0.1) is 0 Å². The molecule has 2 atom stereocenters. The molecule has 0 radical (unpaired) electrons. The summed E-state index contributed by atoms with van der Waals surface area (Å²) in [6.45, 7) is 10.8. The van der Waals surface area contributed by atoms with Crippen LogP contribution in [0.4, 0.5) is 5.69 Å². The smallest absolute Gasteiger partial charge is 0.125 e. The molecule has 2 N–H and O–H groups in total. The molecule has 3 heteroatoms. The molecule has 0 fully saturated rings. The average Bonchev–Trinajstić information content (AvgIpc) is 2.43. The maximum absolute atomic E-state index is 6.14. The summed E-state index contributed by atoms with van der Waals surface area (Å²) in [6, 6.07) is 6.14. The van der Waals surface area contributed by atoms with Gasteiger partial charge in [-0.05, 0) is 31.9 Å². The Balaban J connectivity index is 3.15. The first kappa shape index (κ1) is 15.8. The van der Waals surface area contributed by atoms with Gasteiger partial charge in [0, 0.05) is 30.4 Å². The average molecular weight is 264 g/mol. The standard InChI is InChI=1S/C16H28N2O/c1-6-12(3)11-18(7-2)14-9-8-10-15(19-5)16(14)13(4)17/h8-10,12-13H,6-7,11,17H2,1-5H3/t12?,13-/m0/s1. The second-order valence-electron chi connectivity index (χ2n) is 5.23. The predicted molar refractivity (Wildman–Crippen MR) is 82.9 cm³/mol.